The lowest BCUT2D eigenvalue weighted by Crippen LogP contribution is -2.44. The number of nitrogens with one attached hydrogen (secondary N) is 2. The Balaban J connectivity index is 0.00000242. The van der Waals surface area contributed by atoms with Crippen LogP contribution in [-0.2, 0) is 13.5 Å². The van der Waals surface area contributed by atoms with Gasteiger partial charge in [-0.15, -0.1) is 24.0 Å². The Morgan fingerprint density at radius 1 is 1.36 bits per heavy atom. The zero-order chi connectivity index (χ0) is 15.1. The van der Waals surface area contributed by atoms with Gasteiger partial charge in [-0.2, -0.15) is 5.10 Å². The van der Waals surface area contributed by atoms with Gasteiger partial charge in [-0.3, -0.25) is 9.67 Å². The van der Waals surface area contributed by atoms with Gasteiger partial charge in [-0.05, 0) is 50.5 Å². The van der Waals surface area contributed by atoms with E-state index in [2.05, 4.69) is 40.8 Å². The molecule has 6 heteroatoms. The summed E-state index contributed by atoms with van der Waals surface area (Å²) in [6, 6.07) is 0.581. The maximum Gasteiger partial charge on any atom is 0.191 e. The van der Waals surface area contributed by atoms with E-state index >= 15 is 0 Å². The van der Waals surface area contributed by atoms with E-state index in [1.807, 2.05) is 17.9 Å². The van der Waals surface area contributed by atoms with Crippen LogP contribution in [0.3, 0.4) is 0 Å². The minimum atomic E-state index is 0. The molecule has 0 aromatic carbocycles. The van der Waals surface area contributed by atoms with E-state index in [-0.39, 0.29) is 24.0 Å². The van der Waals surface area contributed by atoms with Gasteiger partial charge < -0.3 is 10.6 Å². The van der Waals surface area contributed by atoms with Crippen LogP contribution in [0.15, 0.2) is 17.4 Å². The van der Waals surface area contributed by atoms with Crippen LogP contribution in [0.4, 0.5) is 0 Å². The fraction of sp³-hybridized carbons (Fsp3) is 0.750. The number of aliphatic imine (C=N–C) groups is 1. The molecule has 0 atom stereocenters. The van der Waals surface area contributed by atoms with Crippen LogP contribution in [-0.4, -0.2) is 34.9 Å². The van der Waals surface area contributed by atoms with Gasteiger partial charge in [0.1, 0.15) is 0 Å². The van der Waals surface area contributed by atoms with E-state index in [9.17, 15) is 0 Å². The van der Waals surface area contributed by atoms with E-state index in [0.29, 0.717) is 6.04 Å². The topological polar surface area (TPSA) is 54.2 Å². The van der Waals surface area contributed by atoms with Crippen LogP contribution in [0.5, 0.6) is 0 Å². The first-order chi connectivity index (χ1) is 10.2. The van der Waals surface area contributed by atoms with Gasteiger partial charge in [-0.25, -0.2) is 0 Å². The molecule has 2 N–H and O–H groups in total. The third-order valence-electron chi connectivity index (χ3n) is 4.13. The van der Waals surface area contributed by atoms with Gasteiger partial charge in [0.05, 0.1) is 6.20 Å². The molecule has 1 saturated carbocycles. The Hall–Kier alpha value is -0.790. The summed E-state index contributed by atoms with van der Waals surface area (Å²) >= 11 is 0. The molecule has 1 aromatic rings. The molecule has 5 nitrogen and oxygen atoms in total. The van der Waals surface area contributed by atoms with E-state index in [1.54, 1.807) is 0 Å². The number of hydrogen-bond acceptors (Lipinski definition) is 2. The summed E-state index contributed by atoms with van der Waals surface area (Å²) in [7, 11) is 1.95. The summed E-state index contributed by atoms with van der Waals surface area (Å²) in [6.45, 7) is 6.16. The molecule has 0 bridgehead atoms. The smallest absolute Gasteiger partial charge is 0.191 e. The maximum absolute atomic E-state index is 4.69. The molecular weight excluding hydrogens is 389 g/mol. The van der Waals surface area contributed by atoms with Crippen LogP contribution in [0.25, 0.3) is 0 Å². The molecule has 0 spiro atoms. The molecule has 1 aliphatic carbocycles. The number of guanidine groups is 1. The van der Waals surface area contributed by atoms with Crippen LogP contribution in [0, 0.1) is 5.92 Å². The second-order valence-electron chi connectivity index (χ2n) is 6.13. The van der Waals surface area contributed by atoms with Crippen molar-refractivity contribution in [3.63, 3.8) is 0 Å². The monoisotopic (exact) mass is 419 g/mol. The highest BCUT2D eigenvalue weighted by molar-refractivity contribution is 14.0. The van der Waals surface area contributed by atoms with Gasteiger partial charge in [0.2, 0.25) is 0 Å². The lowest BCUT2D eigenvalue weighted by atomic mass is 9.87. The number of nitrogens with zero attached hydrogens (tertiary/aromatic N) is 3. The van der Waals surface area contributed by atoms with Crippen molar-refractivity contribution in [1.82, 2.24) is 20.4 Å². The highest BCUT2D eigenvalue weighted by Gasteiger charge is 2.18. The van der Waals surface area contributed by atoms with Crippen molar-refractivity contribution in [2.75, 3.05) is 13.1 Å². The van der Waals surface area contributed by atoms with Crippen LogP contribution in [0.2, 0.25) is 0 Å². The quantitative estimate of drug-likeness (QED) is 0.439. The number of rotatable bonds is 5. The SMILES string of the molecule is CCNC(=NCCc1cnn(C)c1)NC1CCC(C)CC1.I. The van der Waals surface area contributed by atoms with E-state index in [4.69, 9.17) is 0 Å². The average molecular weight is 419 g/mol. The number of halogens is 1. The van der Waals surface area contributed by atoms with Crippen LogP contribution in [0.1, 0.15) is 45.1 Å². The predicted octanol–water partition coefficient (Wildman–Crippen LogP) is 2.71. The molecule has 1 aliphatic rings. The maximum atomic E-state index is 4.69. The first-order valence-electron chi connectivity index (χ1n) is 8.19. The normalized spacial score (nSPS) is 22.0. The first kappa shape index (κ1) is 19.3. The van der Waals surface area contributed by atoms with Crippen molar-refractivity contribution >= 4 is 29.9 Å². The number of aryl methyl sites for hydroxylation is 1. The Labute approximate surface area is 151 Å². The Bertz CT molecular complexity index is 449. The Morgan fingerprint density at radius 2 is 2.09 bits per heavy atom. The van der Waals surface area contributed by atoms with Crippen molar-refractivity contribution < 1.29 is 0 Å². The summed E-state index contributed by atoms with van der Waals surface area (Å²) in [4.78, 5) is 4.69. The second kappa shape index (κ2) is 10.1. The third kappa shape index (κ3) is 6.54. The summed E-state index contributed by atoms with van der Waals surface area (Å²) in [5, 5.41) is 11.1. The molecule has 126 valence electrons. The summed E-state index contributed by atoms with van der Waals surface area (Å²) in [5.41, 5.74) is 1.24. The van der Waals surface area contributed by atoms with Gasteiger partial charge in [0.15, 0.2) is 5.96 Å². The fourth-order valence-corrected chi connectivity index (χ4v) is 2.82. The largest absolute Gasteiger partial charge is 0.357 e. The van der Waals surface area contributed by atoms with Crippen molar-refractivity contribution in [2.24, 2.45) is 18.0 Å². The van der Waals surface area contributed by atoms with E-state index < -0.39 is 0 Å². The minimum Gasteiger partial charge on any atom is -0.357 e. The van der Waals surface area contributed by atoms with Crippen LogP contribution >= 0.6 is 24.0 Å². The molecule has 0 radical (unpaired) electrons. The summed E-state index contributed by atoms with van der Waals surface area (Å²) in [5.74, 6) is 1.84. The fourth-order valence-electron chi connectivity index (χ4n) is 2.82. The van der Waals surface area contributed by atoms with Gasteiger partial charge in [0, 0.05) is 32.4 Å². The molecule has 22 heavy (non-hydrogen) atoms. The van der Waals surface area contributed by atoms with Crippen molar-refractivity contribution in [3.05, 3.63) is 18.0 Å². The van der Waals surface area contributed by atoms with E-state index in [1.165, 1.54) is 31.2 Å². The number of aromatic nitrogens is 2. The molecule has 1 aromatic heterocycles. The standard InChI is InChI=1S/C16H29N5.HI/c1-4-17-16(20-15-7-5-13(2)6-8-15)18-10-9-14-11-19-21(3)12-14;/h11-13,15H,4-10H2,1-3H3,(H2,17,18,20);1H. The molecular formula is C16H30IN5. The zero-order valence-electron chi connectivity index (χ0n) is 14.0. The molecule has 1 fully saturated rings. The molecule has 0 unspecified atom stereocenters. The Morgan fingerprint density at radius 3 is 2.68 bits per heavy atom. The van der Waals surface area contributed by atoms with Gasteiger partial charge in [-0.1, -0.05) is 6.92 Å². The third-order valence-corrected chi connectivity index (χ3v) is 4.13. The summed E-state index contributed by atoms with van der Waals surface area (Å²) in [6.07, 6.45) is 10.1. The highest BCUT2D eigenvalue weighted by Crippen LogP contribution is 2.23. The second-order valence-corrected chi connectivity index (χ2v) is 6.13. The summed E-state index contributed by atoms with van der Waals surface area (Å²) < 4.78 is 1.84. The lowest BCUT2D eigenvalue weighted by Gasteiger charge is -2.28. The van der Waals surface area contributed by atoms with Gasteiger partial charge >= 0.3 is 0 Å². The van der Waals surface area contributed by atoms with E-state index in [0.717, 1.165) is 31.4 Å². The molecule has 0 saturated heterocycles. The molecule has 1 heterocycles. The molecule has 0 aliphatic heterocycles. The highest BCUT2D eigenvalue weighted by atomic mass is 127. The average Bonchev–Trinajstić information content (AvgIpc) is 2.87. The van der Waals surface area contributed by atoms with Gasteiger partial charge in [0.25, 0.3) is 0 Å². The van der Waals surface area contributed by atoms with Crippen LogP contribution < -0.4 is 10.6 Å². The van der Waals surface area contributed by atoms with Crippen molar-refractivity contribution in [3.8, 4) is 0 Å². The molecule has 2 rings (SSSR count). The minimum absolute atomic E-state index is 0. The molecule has 0 amide bonds. The first-order valence-corrected chi connectivity index (χ1v) is 8.19. The Kier molecular flexibility index (Phi) is 8.82. The predicted molar refractivity (Wildman–Crippen MR) is 103 cm³/mol. The van der Waals surface area contributed by atoms with Crippen molar-refractivity contribution in [1.29, 1.82) is 0 Å². The zero-order valence-corrected chi connectivity index (χ0v) is 16.3. The van der Waals surface area contributed by atoms with Crippen molar-refractivity contribution in [2.45, 2.75) is 52.0 Å². The lowest BCUT2D eigenvalue weighted by molar-refractivity contribution is 0.329. The number of hydrogen-bond donors (Lipinski definition) is 2.